The Balaban J connectivity index is 2.45. The lowest BCUT2D eigenvalue weighted by Gasteiger charge is -1.97. The van der Waals surface area contributed by atoms with Crippen molar-refractivity contribution in [1.29, 1.82) is 0 Å². The molecule has 62 valence electrons. The first-order chi connectivity index (χ1) is 5.77. The zero-order valence-corrected chi connectivity index (χ0v) is 6.37. The number of fused-ring (bicyclic) bond motifs is 1. The first kappa shape index (κ1) is 7.24. The summed E-state index contributed by atoms with van der Waals surface area (Å²) < 4.78 is 0. The second-order valence-corrected chi connectivity index (χ2v) is 2.71. The normalized spacial score (nSPS) is 14.3. The fourth-order valence-electron chi connectivity index (χ4n) is 1.28. The summed E-state index contributed by atoms with van der Waals surface area (Å²) in [5.41, 5.74) is 2.08. The van der Waals surface area contributed by atoms with Crippen molar-refractivity contribution in [3.63, 3.8) is 0 Å². The SMILES string of the molecule is O=C(O)c1ccc2c(n1)CNC2. The molecule has 0 aromatic carbocycles. The van der Waals surface area contributed by atoms with Gasteiger partial charge in [0.2, 0.25) is 0 Å². The number of rotatable bonds is 1. The van der Waals surface area contributed by atoms with E-state index in [-0.39, 0.29) is 5.69 Å². The van der Waals surface area contributed by atoms with Crippen molar-refractivity contribution in [2.45, 2.75) is 13.1 Å². The molecule has 0 saturated heterocycles. The molecule has 1 aromatic heterocycles. The van der Waals surface area contributed by atoms with Gasteiger partial charge in [-0.2, -0.15) is 0 Å². The molecule has 12 heavy (non-hydrogen) atoms. The predicted molar refractivity (Wildman–Crippen MR) is 41.7 cm³/mol. The molecule has 4 heteroatoms. The number of carboxylic acids is 1. The third kappa shape index (κ3) is 1.06. The van der Waals surface area contributed by atoms with E-state index in [0.717, 1.165) is 17.8 Å². The van der Waals surface area contributed by atoms with E-state index in [1.54, 1.807) is 0 Å². The fraction of sp³-hybridized carbons (Fsp3) is 0.250. The van der Waals surface area contributed by atoms with Gasteiger partial charge in [0.15, 0.2) is 0 Å². The molecule has 0 radical (unpaired) electrons. The smallest absolute Gasteiger partial charge is 0.354 e. The molecule has 1 aromatic rings. The zero-order valence-electron chi connectivity index (χ0n) is 6.37. The zero-order chi connectivity index (χ0) is 8.55. The molecular weight excluding hydrogens is 156 g/mol. The van der Waals surface area contributed by atoms with Crippen LogP contribution in [0, 0.1) is 0 Å². The van der Waals surface area contributed by atoms with Crippen LogP contribution < -0.4 is 5.32 Å². The Hall–Kier alpha value is -1.42. The standard InChI is InChI=1S/C8H8N2O2/c11-8(12)6-2-1-5-3-9-4-7(5)10-6/h1-2,9H,3-4H2,(H,11,12). The van der Waals surface area contributed by atoms with E-state index in [9.17, 15) is 4.79 Å². The lowest BCUT2D eigenvalue weighted by atomic mass is 10.2. The highest BCUT2D eigenvalue weighted by Gasteiger charge is 2.13. The summed E-state index contributed by atoms with van der Waals surface area (Å²) in [6.45, 7) is 1.47. The number of carbonyl (C=O) groups is 1. The minimum Gasteiger partial charge on any atom is -0.477 e. The van der Waals surface area contributed by atoms with Gasteiger partial charge in [0.05, 0.1) is 5.69 Å². The number of carboxylic acid groups (broad SMARTS) is 1. The molecule has 0 amide bonds. The molecule has 2 heterocycles. The first-order valence-corrected chi connectivity index (χ1v) is 3.70. The third-order valence-corrected chi connectivity index (χ3v) is 1.90. The fourth-order valence-corrected chi connectivity index (χ4v) is 1.28. The molecule has 0 spiro atoms. The van der Waals surface area contributed by atoms with Gasteiger partial charge >= 0.3 is 5.97 Å². The first-order valence-electron chi connectivity index (χ1n) is 3.70. The number of aromatic nitrogens is 1. The molecule has 1 aliphatic heterocycles. The molecule has 0 saturated carbocycles. The highest BCUT2D eigenvalue weighted by atomic mass is 16.4. The molecule has 0 atom stereocenters. The number of nitrogens with one attached hydrogen (secondary N) is 1. The minimum atomic E-state index is -0.968. The Kier molecular flexibility index (Phi) is 1.55. The molecule has 0 bridgehead atoms. The van der Waals surface area contributed by atoms with Crippen LogP contribution in [0.1, 0.15) is 21.7 Å². The van der Waals surface area contributed by atoms with Crippen LogP contribution >= 0.6 is 0 Å². The Labute approximate surface area is 69.2 Å². The summed E-state index contributed by atoms with van der Waals surface area (Å²) in [6, 6.07) is 3.35. The Morgan fingerprint density at radius 2 is 2.33 bits per heavy atom. The van der Waals surface area contributed by atoms with Crippen molar-refractivity contribution in [3.8, 4) is 0 Å². The van der Waals surface area contributed by atoms with E-state index in [0.29, 0.717) is 6.54 Å². The molecule has 0 unspecified atom stereocenters. The van der Waals surface area contributed by atoms with Crippen LogP contribution in [0.3, 0.4) is 0 Å². The number of hydrogen-bond donors (Lipinski definition) is 2. The summed E-state index contributed by atoms with van der Waals surface area (Å²) in [7, 11) is 0. The Morgan fingerprint density at radius 3 is 3.08 bits per heavy atom. The van der Waals surface area contributed by atoms with Gasteiger partial charge in [0.25, 0.3) is 0 Å². The predicted octanol–water partition coefficient (Wildman–Crippen LogP) is 0.383. The van der Waals surface area contributed by atoms with Crippen molar-refractivity contribution >= 4 is 5.97 Å². The average molecular weight is 164 g/mol. The van der Waals surface area contributed by atoms with Gasteiger partial charge in [-0.15, -0.1) is 0 Å². The van der Waals surface area contributed by atoms with E-state index in [2.05, 4.69) is 10.3 Å². The maximum absolute atomic E-state index is 10.5. The van der Waals surface area contributed by atoms with Gasteiger partial charge in [0.1, 0.15) is 5.69 Å². The van der Waals surface area contributed by atoms with E-state index in [4.69, 9.17) is 5.11 Å². The number of aromatic carboxylic acids is 1. The highest BCUT2D eigenvalue weighted by Crippen LogP contribution is 2.12. The van der Waals surface area contributed by atoms with Gasteiger partial charge in [-0.25, -0.2) is 9.78 Å². The van der Waals surface area contributed by atoms with Crippen LogP contribution in [0.15, 0.2) is 12.1 Å². The monoisotopic (exact) mass is 164 g/mol. The molecule has 0 fully saturated rings. The van der Waals surface area contributed by atoms with Crippen molar-refractivity contribution in [2.75, 3.05) is 0 Å². The van der Waals surface area contributed by atoms with Crippen LogP contribution in [0.5, 0.6) is 0 Å². The van der Waals surface area contributed by atoms with Crippen LogP contribution in [0.4, 0.5) is 0 Å². The Bertz CT molecular complexity index is 336. The topological polar surface area (TPSA) is 62.2 Å². The summed E-state index contributed by atoms with van der Waals surface area (Å²) >= 11 is 0. The summed E-state index contributed by atoms with van der Waals surface area (Å²) in [6.07, 6.45) is 0. The summed E-state index contributed by atoms with van der Waals surface area (Å²) in [4.78, 5) is 14.5. The van der Waals surface area contributed by atoms with E-state index < -0.39 is 5.97 Å². The lowest BCUT2D eigenvalue weighted by Crippen LogP contribution is -2.03. The van der Waals surface area contributed by atoms with Crippen LogP contribution in [-0.2, 0) is 13.1 Å². The van der Waals surface area contributed by atoms with Crippen molar-refractivity contribution in [3.05, 3.63) is 29.1 Å². The van der Waals surface area contributed by atoms with Crippen molar-refractivity contribution in [1.82, 2.24) is 10.3 Å². The molecule has 2 N–H and O–H groups in total. The minimum absolute atomic E-state index is 0.123. The van der Waals surface area contributed by atoms with Crippen LogP contribution in [0.25, 0.3) is 0 Å². The van der Waals surface area contributed by atoms with E-state index >= 15 is 0 Å². The average Bonchev–Trinajstić information content (AvgIpc) is 2.49. The third-order valence-electron chi connectivity index (χ3n) is 1.90. The molecule has 4 nitrogen and oxygen atoms in total. The quantitative estimate of drug-likeness (QED) is 0.630. The van der Waals surface area contributed by atoms with Gasteiger partial charge in [-0.05, 0) is 11.6 Å². The van der Waals surface area contributed by atoms with E-state index in [1.165, 1.54) is 6.07 Å². The largest absolute Gasteiger partial charge is 0.477 e. The van der Waals surface area contributed by atoms with Gasteiger partial charge in [-0.1, -0.05) is 6.07 Å². The molecule has 1 aliphatic rings. The number of nitrogens with zero attached hydrogens (tertiary/aromatic N) is 1. The van der Waals surface area contributed by atoms with E-state index in [1.807, 2.05) is 6.07 Å². The van der Waals surface area contributed by atoms with Crippen molar-refractivity contribution < 1.29 is 9.90 Å². The second-order valence-electron chi connectivity index (χ2n) is 2.71. The molecule has 2 rings (SSSR count). The van der Waals surface area contributed by atoms with Gasteiger partial charge < -0.3 is 10.4 Å². The second kappa shape index (κ2) is 2.57. The lowest BCUT2D eigenvalue weighted by molar-refractivity contribution is 0.0690. The number of pyridine rings is 1. The molecular formula is C8H8N2O2. The summed E-state index contributed by atoms with van der Waals surface area (Å²) in [5.74, 6) is -0.968. The maximum Gasteiger partial charge on any atom is 0.354 e. The Morgan fingerprint density at radius 1 is 1.50 bits per heavy atom. The highest BCUT2D eigenvalue weighted by molar-refractivity contribution is 5.85. The number of hydrogen-bond acceptors (Lipinski definition) is 3. The van der Waals surface area contributed by atoms with Gasteiger partial charge in [-0.3, -0.25) is 0 Å². The van der Waals surface area contributed by atoms with Gasteiger partial charge in [0, 0.05) is 13.1 Å². The van der Waals surface area contributed by atoms with Crippen LogP contribution in [-0.4, -0.2) is 16.1 Å². The summed E-state index contributed by atoms with van der Waals surface area (Å²) in [5, 5.41) is 11.7. The van der Waals surface area contributed by atoms with Crippen LogP contribution in [0.2, 0.25) is 0 Å². The molecule has 0 aliphatic carbocycles. The maximum atomic E-state index is 10.5. The van der Waals surface area contributed by atoms with Crippen molar-refractivity contribution in [2.24, 2.45) is 0 Å².